The van der Waals surface area contributed by atoms with Gasteiger partial charge in [0.15, 0.2) is 0 Å². The molecule has 1 aromatic carbocycles. The molecule has 0 aliphatic rings. The number of carboxylic acid groups (broad SMARTS) is 1. The fraction of sp³-hybridized carbons (Fsp3) is 0.200. The molecule has 3 N–H and O–H groups in total. The Morgan fingerprint density at radius 3 is 2.50 bits per heavy atom. The van der Waals surface area contributed by atoms with Crippen LogP contribution in [0.2, 0.25) is 0 Å². The molecule has 1 aromatic rings. The summed E-state index contributed by atoms with van der Waals surface area (Å²) in [5.74, 6) is -2.16. The van der Waals surface area contributed by atoms with Crippen molar-refractivity contribution < 1.29 is 18.9 Å². The number of carbonyl (C=O) groups excluding carboxylic acids is 1. The van der Waals surface area contributed by atoms with Crippen molar-refractivity contribution >= 4 is 22.7 Å². The van der Waals surface area contributed by atoms with Crippen molar-refractivity contribution in [2.45, 2.75) is 5.75 Å². The lowest BCUT2D eigenvalue weighted by molar-refractivity contribution is -0.133. The molecule has 86 valence electrons. The van der Waals surface area contributed by atoms with Gasteiger partial charge in [0, 0.05) is 22.1 Å². The van der Waals surface area contributed by atoms with Crippen LogP contribution in [0, 0.1) is 0 Å². The molecule has 0 aliphatic heterocycles. The van der Waals surface area contributed by atoms with Gasteiger partial charge in [-0.3, -0.25) is 13.8 Å². The van der Waals surface area contributed by atoms with E-state index < -0.39 is 28.4 Å². The van der Waals surface area contributed by atoms with Crippen LogP contribution in [0.5, 0.6) is 0 Å². The normalized spacial score (nSPS) is 12.0. The number of hydrogen-bond donors (Lipinski definition) is 2. The Balaban J connectivity index is 2.84. The molecule has 5 nitrogen and oxygen atoms in total. The summed E-state index contributed by atoms with van der Waals surface area (Å²) in [4.78, 5) is 21.4. The second-order valence-electron chi connectivity index (χ2n) is 3.14. The minimum Gasteiger partial charge on any atom is -0.481 e. The summed E-state index contributed by atoms with van der Waals surface area (Å²) < 4.78 is 11.4. The van der Waals surface area contributed by atoms with Crippen molar-refractivity contribution in [3.8, 4) is 0 Å². The summed E-state index contributed by atoms with van der Waals surface area (Å²) in [6.45, 7) is 0. The average Bonchev–Trinajstić information content (AvgIpc) is 2.16. The van der Waals surface area contributed by atoms with Gasteiger partial charge in [0.1, 0.15) is 5.75 Å². The highest BCUT2D eigenvalue weighted by atomic mass is 32.2. The molecule has 16 heavy (non-hydrogen) atoms. The third-order valence-corrected chi connectivity index (χ3v) is 3.09. The zero-order valence-electron chi connectivity index (χ0n) is 8.38. The molecule has 0 heterocycles. The predicted octanol–water partition coefficient (Wildman–Crippen LogP) is 0.119. The summed E-state index contributed by atoms with van der Waals surface area (Å²) in [7, 11) is -1.54. The first-order valence-electron chi connectivity index (χ1n) is 4.45. The Labute approximate surface area is 94.7 Å². The smallest absolute Gasteiger partial charge is 0.316 e. The van der Waals surface area contributed by atoms with E-state index in [2.05, 4.69) is 0 Å². The summed E-state index contributed by atoms with van der Waals surface area (Å²) in [6, 6.07) is 6.46. The Hall–Kier alpha value is -1.69. The Bertz CT molecular complexity index is 444. The van der Waals surface area contributed by atoms with Crippen LogP contribution in [-0.2, 0) is 21.3 Å². The molecular formula is C10H11NO4S. The molecule has 0 spiro atoms. The molecule has 0 aliphatic carbocycles. The second kappa shape index (κ2) is 5.41. The molecule has 0 saturated carbocycles. The number of aliphatic carboxylic acids is 1. The number of amides is 1. The zero-order chi connectivity index (χ0) is 12.1. The summed E-state index contributed by atoms with van der Waals surface area (Å²) >= 11 is 0. The minimum atomic E-state index is -1.54. The molecule has 0 bridgehead atoms. The van der Waals surface area contributed by atoms with Gasteiger partial charge in [-0.15, -0.1) is 0 Å². The number of carbonyl (C=O) groups is 2. The standard InChI is InChI=1S/C10H11NO4S/c11-10(14)8-4-2-1-3-7(8)5-16(15)6-9(12)13/h1-4H,5-6H2,(H2,11,14)(H,12,13). The summed E-state index contributed by atoms with van der Waals surface area (Å²) in [5.41, 5.74) is 5.93. The lowest BCUT2D eigenvalue weighted by atomic mass is 10.1. The first-order valence-corrected chi connectivity index (χ1v) is 5.94. The topological polar surface area (TPSA) is 97.5 Å². The molecular weight excluding hydrogens is 230 g/mol. The largest absolute Gasteiger partial charge is 0.481 e. The van der Waals surface area contributed by atoms with Gasteiger partial charge >= 0.3 is 5.97 Å². The van der Waals surface area contributed by atoms with Gasteiger partial charge in [0.25, 0.3) is 0 Å². The van der Waals surface area contributed by atoms with Gasteiger partial charge in [0.05, 0.1) is 0 Å². The van der Waals surface area contributed by atoms with E-state index in [0.717, 1.165) is 0 Å². The lowest BCUT2D eigenvalue weighted by Gasteiger charge is -2.05. The van der Waals surface area contributed by atoms with E-state index in [1.165, 1.54) is 6.07 Å². The minimum absolute atomic E-state index is 0.0193. The van der Waals surface area contributed by atoms with Crippen LogP contribution >= 0.6 is 0 Å². The number of benzene rings is 1. The van der Waals surface area contributed by atoms with Gasteiger partial charge in [-0.05, 0) is 11.6 Å². The first-order chi connectivity index (χ1) is 7.50. The molecule has 1 atom stereocenters. The van der Waals surface area contributed by atoms with E-state index in [0.29, 0.717) is 5.56 Å². The third kappa shape index (κ3) is 3.47. The van der Waals surface area contributed by atoms with Gasteiger partial charge in [-0.25, -0.2) is 0 Å². The van der Waals surface area contributed by atoms with Crippen molar-refractivity contribution in [2.24, 2.45) is 5.73 Å². The number of primary amides is 1. The van der Waals surface area contributed by atoms with Crippen LogP contribution in [0.25, 0.3) is 0 Å². The van der Waals surface area contributed by atoms with Gasteiger partial charge < -0.3 is 10.8 Å². The quantitative estimate of drug-likeness (QED) is 0.765. The van der Waals surface area contributed by atoms with E-state index in [-0.39, 0.29) is 11.3 Å². The monoisotopic (exact) mass is 241 g/mol. The van der Waals surface area contributed by atoms with Crippen LogP contribution in [0.15, 0.2) is 24.3 Å². The van der Waals surface area contributed by atoms with Crippen molar-refractivity contribution in [3.63, 3.8) is 0 Å². The fourth-order valence-corrected chi connectivity index (χ4v) is 2.22. The van der Waals surface area contributed by atoms with Crippen molar-refractivity contribution in [2.75, 3.05) is 5.75 Å². The van der Waals surface area contributed by atoms with E-state index in [4.69, 9.17) is 10.8 Å². The summed E-state index contributed by atoms with van der Waals surface area (Å²) in [6.07, 6.45) is 0. The molecule has 0 fully saturated rings. The molecule has 1 amide bonds. The number of hydrogen-bond acceptors (Lipinski definition) is 3. The Kier molecular flexibility index (Phi) is 4.19. The maximum absolute atomic E-state index is 11.4. The van der Waals surface area contributed by atoms with Crippen LogP contribution < -0.4 is 5.73 Å². The number of carboxylic acids is 1. The highest BCUT2D eigenvalue weighted by Gasteiger charge is 2.12. The molecule has 1 rings (SSSR count). The Morgan fingerprint density at radius 1 is 1.31 bits per heavy atom. The average molecular weight is 241 g/mol. The maximum Gasteiger partial charge on any atom is 0.316 e. The molecule has 0 radical (unpaired) electrons. The second-order valence-corrected chi connectivity index (χ2v) is 4.60. The zero-order valence-corrected chi connectivity index (χ0v) is 9.20. The van der Waals surface area contributed by atoms with Gasteiger partial charge in [0.2, 0.25) is 5.91 Å². The van der Waals surface area contributed by atoms with Crippen molar-refractivity contribution in [1.29, 1.82) is 0 Å². The van der Waals surface area contributed by atoms with E-state index in [1.807, 2.05) is 0 Å². The van der Waals surface area contributed by atoms with Crippen LogP contribution in [0.4, 0.5) is 0 Å². The first kappa shape index (κ1) is 12.4. The van der Waals surface area contributed by atoms with Gasteiger partial charge in [-0.1, -0.05) is 18.2 Å². The fourth-order valence-electron chi connectivity index (χ4n) is 1.25. The number of rotatable bonds is 5. The molecule has 0 aromatic heterocycles. The number of nitrogens with two attached hydrogens (primary N) is 1. The van der Waals surface area contributed by atoms with Crippen LogP contribution in [0.3, 0.4) is 0 Å². The van der Waals surface area contributed by atoms with Gasteiger partial charge in [-0.2, -0.15) is 0 Å². The molecule has 0 saturated heterocycles. The Morgan fingerprint density at radius 2 is 1.94 bits per heavy atom. The molecule has 1 unspecified atom stereocenters. The van der Waals surface area contributed by atoms with Crippen LogP contribution in [-0.4, -0.2) is 26.9 Å². The SMILES string of the molecule is NC(=O)c1ccccc1CS(=O)CC(=O)O. The lowest BCUT2D eigenvalue weighted by Crippen LogP contribution is -2.16. The molecule has 6 heteroatoms. The van der Waals surface area contributed by atoms with Crippen molar-refractivity contribution in [1.82, 2.24) is 0 Å². The highest BCUT2D eigenvalue weighted by molar-refractivity contribution is 7.84. The summed E-state index contributed by atoms with van der Waals surface area (Å²) in [5, 5.41) is 8.46. The third-order valence-electron chi connectivity index (χ3n) is 1.88. The predicted molar refractivity (Wildman–Crippen MR) is 59.3 cm³/mol. The maximum atomic E-state index is 11.4. The van der Waals surface area contributed by atoms with Crippen molar-refractivity contribution in [3.05, 3.63) is 35.4 Å². The van der Waals surface area contributed by atoms with E-state index >= 15 is 0 Å². The highest BCUT2D eigenvalue weighted by Crippen LogP contribution is 2.10. The van der Waals surface area contributed by atoms with Crippen LogP contribution in [0.1, 0.15) is 15.9 Å². The van der Waals surface area contributed by atoms with E-state index in [1.54, 1.807) is 18.2 Å². The van der Waals surface area contributed by atoms with E-state index in [9.17, 15) is 13.8 Å².